The average Bonchev–Trinajstić information content (AvgIpc) is 2.48. The minimum absolute atomic E-state index is 0.558. The molecule has 0 aliphatic heterocycles. The summed E-state index contributed by atoms with van der Waals surface area (Å²) in [7, 11) is 1.67. The number of nitrogens with one attached hydrogen (secondary N) is 1. The van der Waals surface area contributed by atoms with Crippen LogP contribution in [0.3, 0.4) is 0 Å². The molecule has 1 N–H and O–H groups in total. The number of ether oxygens (including phenoxy) is 3. The first-order chi connectivity index (χ1) is 10.3. The molecule has 0 fully saturated rings. The van der Waals surface area contributed by atoms with Crippen LogP contribution >= 0.6 is 15.9 Å². The monoisotopic (exact) mass is 359 g/mol. The van der Waals surface area contributed by atoms with Crippen molar-refractivity contribution in [2.75, 3.05) is 46.6 Å². The molecule has 1 rings (SSSR count). The van der Waals surface area contributed by atoms with E-state index in [1.165, 1.54) is 5.56 Å². The Labute approximate surface area is 136 Å². The van der Waals surface area contributed by atoms with Crippen molar-refractivity contribution in [1.29, 1.82) is 0 Å². The van der Waals surface area contributed by atoms with Crippen molar-refractivity contribution < 1.29 is 14.2 Å². The molecule has 0 bridgehead atoms. The zero-order chi connectivity index (χ0) is 15.3. The van der Waals surface area contributed by atoms with Crippen LogP contribution in [0.5, 0.6) is 5.75 Å². The number of hydrogen-bond acceptors (Lipinski definition) is 4. The van der Waals surface area contributed by atoms with Crippen molar-refractivity contribution in [3.05, 3.63) is 28.2 Å². The van der Waals surface area contributed by atoms with Crippen molar-refractivity contribution in [3.63, 3.8) is 0 Å². The molecule has 0 spiro atoms. The molecule has 0 unspecified atom stereocenters. The summed E-state index contributed by atoms with van der Waals surface area (Å²) in [5.41, 5.74) is 1.24. The summed E-state index contributed by atoms with van der Waals surface area (Å²) >= 11 is 3.53. The quantitative estimate of drug-likeness (QED) is 0.582. The molecule has 0 saturated carbocycles. The van der Waals surface area contributed by atoms with Crippen molar-refractivity contribution in [1.82, 2.24) is 5.32 Å². The molecule has 0 aliphatic carbocycles. The molecule has 0 amide bonds. The summed E-state index contributed by atoms with van der Waals surface area (Å²) in [6, 6.07) is 6.14. The normalized spacial score (nSPS) is 10.8. The molecular formula is C16H26BrNO3. The number of hydrogen-bond donors (Lipinski definition) is 1. The van der Waals surface area contributed by atoms with Crippen molar-refractivity contribution in [3.8, 4) is 5.75 Å². The predicted octanol–water partition coefficient (Wildman–Crippen LogP) is 3.03. The lowest BCUT2D eigenvalue weighted by atomic mass is 10.1. The topological polar surface area (TPSA) is 39.7 Å². The van der Waals surface area contributed by atoms with E-state index in [1.54, 1.807) is 7.11 Å². The van der Waals surface area contributed by atoms with Crippen LogP contribution < -0.4 is 10.1 Å². The van der Waals surface area contributed by atoms with E-state index in [0.717, 1.165) is 49.4 Å². The van der Waals surface area contributed by atoms with Gasteiger partial charge in [-0.05, 0) is 53.0 Å². The lowest BCUT2D eigenvalue weighted by Crippen LogP contribution is -2.20. The Kier molecular flexibility index (Phi) is 10.5. The zero-order valence-corrected chi connectivity index (χ0v) is 14.6. The summed E-state index contributed by atoms with van der Waals surface area (Å²) in [6.45, 7) is 6.79. The van der Waals surface area contributed by atoms with Gasteiger partial charge in [0.1, 0.15) is 12.4 Å². The second-order valence-electron chi connectivity index (χ2n) is 4.72. The third kappa shape index (κ3) is 8.41. The molecule has 120 valence electrons. The molecule has 0 radical (unpaired) electrons. The van der Waals surface area contributed by atoms with E-state index >= 15 is 0 Å². The molecule has 0 heterocycles. The van der Waals surface area contributed by atoms with Gasteiger partial charge in [0.25, 0.3) is 0 Å². The van der Waals surface area contributed by atoms with Gasteiger partial charge in [0.15, 0.2) is 0 Å². The second-order valence-corrected chi connectivity index (χ2v) is 5.57. The summed E-state index contributed by atoms with van der Waals surface area (Å²) < 4.78 is 17.1. The second kappa shape index (κ2) is 12.0. The van der Waals surface area contributed by atoms with Crippen molar-refractivity contribution in [2.45, 2.75) is 19.8 Å². The van der Waals surface area contributed by atoms with E-state index in [4.69, 9.17) is 14.2 Å². The maximum atomic E-state index is 5.61. The van der Waals surface area contributed by atoms with Gasteiger partial charge in [-0.15, -0.1) is 0 Å². The predicted molar refractivity (Wildman–Crippen MR) is 89.2 cm³/mol. The largest absolute Gasteiger partial charge is 0.490 e. The van der Waals surface area contributed by atoms with E-state index in [-0.39, 0.29) is 0 Å². The van der Waals surface area contributed by atoms with Gasteiger partial charge in [-0.25, -0.2) is 0 Å². The third-order valence-electron chi connectivity index (χ3n) is 2.93. The smallest absolute Gasteiger partial charge is 0.133 e. The summed E-state index contributed by atoms with van der Waals surface area (Å²) in [6.07, 6.45) is 2.07. The lowest BCUT2D eigenvalue weighted by molar-refractivity contribution is 0.139. The Hall–Kier alpha value is -0.620. The standard InChI is InChI=1S/C16H26BrNO3/c1-3-7-18-8-10-20-9-6-14-4-5-16(15(17)13-14)21-12-11-19-2/h4-5,13,18H,3,6-12H2,1-2H3. The SMILES string of the molecule is CCCNCCOCCc1ccc(OCCOC)c(Br)c1. The van der Waals surface area contributed by atoms with E-state index in [9.17, 15) is 0 Å². The first-order valence-electron chi connectivity index (χ1n) is 7.46. The number of benzene rings is 1. The van der Waals surface area contributed by atoms with Crippen molar-refractivity contribution >= 4 is 15.9 Å². The molecule has 21 heavy (non-hydrogen) atoms. The Morgan fingerprint density at radius 2 is 1.95 bits per heavy atom. The maximum absolute atomic E-state index is 5.61. The van der Waals surface area contributed by atoms with Crippen LogP contribution in [0.25, 0.3) is 0 Å². The highest BCUT2D eigenvalue weighted by atomic mass is 79.9. The number of halogens is 1. The first kappa shape index (κ1) is 18.4. The highest BCUT2D eigenvalue weighted by Crippen LogP contribution is 2.26. The van der Waals surface area contributed by atoms with Gasteiger partial charge >= 0.3 is 0 Å². The molecule has 1 aromatic carbocycles. The summed E-state index contributed by atoms with van der Waals surface area (Å²) in [4.78, 5) is 0. The van der Waals surface area contributed by atoms with Crippen LogP contribution in [-0.4, -0.2) is 46.6 Å². The van der Waals surface area contributed by atoms with Gasteiger partial charge in [-0.1, -0.05) is 13.0 Å². The van der Waals surface area contributed by atoms with Gasteiger partial charge in [-0.2, -0.15) is 0 Å². The van der Waals surface area contributed by atoms with E-state index in [2.05, 4.69) is 40.3 Å². The average molecular weight is 360 g/mol. The highest BCUT2D eigenvalue weighted by molar-refractivity contribution is 9.10. The number of rotatable bonds is 12. The van der Waals surface area contributed by atoms with Gasteiger partial charge in [0.2, 0.25) is 0 Å². The molecule has 5 heteroatoms. The van der Waals surface area contributed by atoms with Crippen LogP contribution in [0.4, 0.5) is 0 Å². The Morgan fingerprint density at radius 3 is 2.67 bits per heavy atom. The third-order valence-corrected chi connectivity index (χ3v) is 3.55. The van der Waals surface area contributed by atoms with Gasteiger partial charge in [0, 0.05) is 13.7 Å². The minimum Gasteiger partial charge on any atom is -0.490 e. The minimum atomic E-state index is 0.558. The molecule has 0 aliphatic rings. The van der Waals surface area contributed by atoms with Gasteiger partial charge in [0.05, 0.1) is 24.3 Å². The molecule has 0 saturated heterocycles. The van der Waals surface area contributed by atoms with E-state index in [0.29, 0.717) is 13.2 Å². The van der Waals surface area contributed by atoms with Gasteiger partial charge < -0.3 is 19.5 Å². The summed E-state index contributed by atoms with van der Waals surface area (Å²) in [5.74, 6) is 0.848. The van der Waals surface area contributed by atoms with Crippen LogP contribution in [0.2, 0.25) is 0 Å². The Balaban J connectivity index is 2.22. The van der Waals surface area contributed by atoms with Gasteiger partial charge in [-0.3, -0.25) is 0 Å². The molecule has 1 aromatic rings. The van der Waals surface area contributed by atoms with Crippen LogP contribution in [0.15, 0.2) is 22.7 Å². The maximum Gasteiger partial charge on any atom is 0.133 e. The highest BCUT2D eigenvalue weighted by Gasteiger charge is 2.03. The lowest BCUT2D eigenvalue weighted by Gasteiger charge is -2.10. The fourth-order valence-corrected chi connectivity index (χ4v) is 2.33. The van der Waals surface area contributed by atoms with E-state index in [1.807, 2.05) is 6.07 Å². The fraction of sp³-hybridized carbons (Fsp3) is 0.625. The Morgan fingerprint density at radius 1 is 1.10 bits per heavy atom. The molecule has 0 aromatic heterocycles. The zero-order valence-electron chi connectivity index (χ0n) is 13.0. The van der Waals surface area contributed by atoms with Crippen LogP contribution in [-0.2, 0) is 15.9 Å². The molecular weight excluding hydrogens is 334 g/mol. The summed E-state index contributed by atoms with van der Waals surface area (Å²) in [5, 5.41) is 3.32. The van der Waals surface area contributed by atoms with Crippen LogP contribution in [0, 0.1) is 0 Å². The Bertz CT molecular complexity index is 388. The fourth-order valence-electron chi connectivity index (χ4n) is 1.79. The first-order valence-corrected chi connectivity index (χ1v) is 8.25. The van der Waals surface area contributed by atoms with E-state index < -0.39 is 0 Å². The number of methoxy groups -OCH3 is 1. The van der Waals surface area contributed by atoms with Crippen molar-refractivity contribution in [2.24, 2.45) is 0 Å². The molecule has 4 nitrogen and oxygen atoms in total. The van der Waals surface area contributed by atoms with Crippen LogP contribution in [0.1, 0.15) is 18.9 Å². The molecule has 0 atom stereocenters.